The summed E-state index contributed by atoms with van der Waals surface area (Å²) >= 11 is 0. The van der Waals surface area contributed by atoms with E-state index in [1.54, 1.807) is 0 Å². The van der Waals surface area contributed by atoms with Crippen LogP contribution in [0.3, 0.4) is 0 Å². The van der Waals surface area contributed by atoms with Gasteiger partial charge in [0, 0.05) is 45.5 Å². The van der Waals surface area contributed by atoms with Gasteiger partial charge in [-0.25, -0.2) is 0 Å². The minimum Gasteiger partial charge on any atom is -0.400 e. The number of amides is 2. The maximum absolute atomic E-state index is 12.6. The summed E-state index contributed by atoms with van der Waals surface area (Å²) in [6, 6.07) is 10.2. The van der Waals surface area contributed by atoms with Crippen molar-refractivity contribution in [3.63, 3.8) is 0 Å². The van der Waals surface area contributed by atoms with Gasteiger partial charge in [-0.15, -0.1) is 0 Å². The Morgan fingerprint density at radius 2 is 1.41 bits per heavy atom. The van der Waals surface area contributed by atoms with Crippen molar-refractivity contribution in [1.82, 2.24) is 25.8 Å². The van der Waals surface area contributed by atoms with E-state index in [1.165, 1.54) is 12.0 Å². The van der Waals surface area contributed by atoms with Crippen LogP contribution in [0.2, 0.25) is 0 Å². The molecule has 8 heteroatoms. The Balaban J connectivity index is -0.000000230. The molecule has 1 aromatic rings. The molecule has 46 heavy (non-hydrogen) atoms. The zero-order chi connectivity index (χ0) is 37.1. The molecule has 1 atom stereocenters. The number of carbonyl (C=O) groups is 2. The van der Waals surface area contributed by atoms with Crippen LogP contribution in [0, 0.1) is 5.41 Å². The molecule has 4 N–H and O–H groups in total. The molecule has 1 fully saturated rings. The second-order valence-corrected chi connectivity index (χ2v) is 11.5. The fourth-order valence-corrected chi connectivity index (χ4v) is 3.83. The third kappa shape index (κ3) is 30.2. The van der Waals surface area contributed by atoms with E-state index in [2.05, 4.69) is 74.5 Å². The number of aliphatic hydroxyl groups excluding tert-OH is 1. The van der Waals surface area contributed by atoms with E-state index in [-0.39, 0.29) is 23.3 Å². The van der Waals surface area contributed by atoms with Gasteiger partial charge in [0.2, 0.25) is 11.8 Å². The minimum atomic E-state index is -0.361. The summed E-state index contributed by atoms with van der Waals surface area (Å²) in [5.74, 6) is 0.786. The highest BCUT2D eigenvalue weighted by atomic mass is 16.2. The summed E-state index contributed by atoms with van der Waals surface area (Å²) in [5, 5.41) is 16.2. The van der Waals surface area contributed by atoms with Gasteiger partial charge in [0.15, 0.2) is 0 Å². The summed E-state index contributed by atoms with van der Waals surface area (Å²) in [4.78, 5) is 28.6. The van der Waals surface area contributed by atoms with Gasteiger partial charge in [0.25, 0.3) is 0 Å². The van der Waals surface area contributed by atoms with E-state index in [4.69, 9.17) is 5.11 Å². The highest BCUT2D eigenvalue weighted by molar-refractivity contribution is 5.83. The van der Waals surface area contributed by atoms with Crippen molar-refractivity contribution in [3.8, 4) is 0 Å². The van der Waals surface area contributed by atoms with Crippen molar-refractivity contribution in [1.29, 1.82) is 0 Å². The minimum absolute atomic E-state index is 0.0472. The number of benzene rings is 1. The SMILES string of the molecule is C=C(CNC)NC(C(=O)NCCN(C)CC(=O)N1CCCC1)C(C)(C)C.CC.CC.CC.CC(C)c1ccccc1.CCC.CO. The maximum Gasteiger partial charge on any atom is 0.243 e. The number of likely N-dealkylation sites (N-methyl/N-ethyl adjacent to an activating group) is 2. The molecule has 0 bridgehead atoms. The topological polar surface area (TPSA) is 96.9 Å². The first-order valence-corrected chi connectivity index (χ1v) is 17.7. The van der Waals surface area contributed by atoms with E-state index >= 15 is 0 Å². The number of likely N-dealkylation sites (tertiary alicyclic amines) is 1. The van der Waals surface area contributed by atoms with Gasteiger partial charge < -0.3 is 26.0 Å². The van der Waals surface area contributed by atoms with E-state index in [0.717, 1.165) is 38.7 Å². The molecule has 274 valence electrons. The molecule has 0 aromatic heterocycles. The van der Waals surface area contributed by atoms with E-state index in [9.17, 15) is 9.59 Å². The average molecular weight is 654 g/mol. The molecular formula is C38H79N5O3. The third-order valence-electron chi connectivity index (χ3n) is 5.99. The van der Waals surface area contributed by atoms with Crippen LogP contribution in [0.15, 0.2) is 42.6 Å². The maximum atomic E-state index is 12.6. The Morgan fingerprint density at radius 3 is 1.78 bits per heavy atom. The first kappa shape index (κ1) is 53.1. The largest absolute Gasteiger partial charge is 0.400 e. The summed E-state index contributed by atoms with van der Waals surface area (Å²) in [6.45, 7) is 34.6. The Kier molecular flexibility index (Phi) is 42.7. The molecule has 2 amide bonds. The molecule has 1 unspecified atom stereocenters. The van der Waals surface area contributed by atoms with Crippen LogP contribution in [0.1, 0.15) is 121 Å². The molecule has 1 saturated heterocycles. The van der Waals surface area contributed by atoms with Crippen LogP contribution in [0.25, 0.3) is 0 Å². The number of carbonyl (C=O) groups excluding carboxylic acids is 2. The lowest BCUT2D eigenvalue weighted by Gasteiger charge is -2.32. The molecule has 0 aliphatic carbocycles. The molecule has 1 aromatic carbocycles. The fraction of sp³-hybridized carbons (Fsp3) is 0.737. The van der Waals surface area contributed by atoms with Crippen molar-refractivity contribution in [2.75, 3.05) is 60.5 Å². The monoisotopic (exact) mass is 654 g/mol. The second-order valence-electron chi connectivity index (χ2n) is 11.5. The molecule has 8 nitrogen and oxygen atoms in total. The number of hydrogen-bond donors (Lipinski definition) is 4. The normalized spacial score (nSPS) is 11.8. The smallest absolute Gasteiger partial charge is 0.243 e. The number of aliphatic hydroxyl groups is 1. The van der Waals surface area contributed by atoms with Gasteiger partial charge in [-0.2, -0.15) is 0 Å². The molecule has 0 saturated carbocycles. The Hall–Kier alpha value is -2.42. The molecule has 0 spiro atoms. The summed E-state index contributed by atoms with van der Waals surface area (Å²) in [6.07, 6.45) is 3.46. The summed E-state index contributed by atoms with van der Waals surface area (Å²) in [7, 11) is 4.76. The van der Waals surface area contributed by atoms with Crippen LogP contribution < -0.4 is 16.0 Å². The summed E-state index contributed by atoms with van der Waals surface area (Å²) < 4.78 is 0. The number of nitrogens with one attached hydrogen (secondary N) is 3. The fourth-order valence-electron chi connectivity index (χ4n) is 3.83. The summed E-state index contributed by atoms with van der Waals surface area (Å²) in [5.41, 5.74) is 1.96. The van der Waals surface area contributed by atoms with E-state index in [0.29, 0.717) is 32.1 Å². The van der Waals surface area contributed by atoms with Crippen LogP contribution in [0.5, 0.6) is 0 Å². The highest BCUT2D eigenvalue weighted by Crippen LogP contribution is 2.20. The van der Waals surface area contributed by atoms with E-state index in [1.807, 2.05) is 92.3 Å². The second kappa shape index (κ2) is 37.0. The van der Waals surface area contributed by atoms with Gasteiger partial charge in [0.1, 0.15) is 6.04 Å². The van der Waals surface area contributed by atoms with Gasteiger partial charge in [-0.3, -0.25) is 14.5 Å². The molecular weight excluding hydrogens is 574 g/mol. The zero-order valence-corrected chi connectivity index (χ0v) is 33.3. The third-order valence-corrected chi connectivity index (χ3v) is 5.99. The van der Waals surface area contributed by atoms with Gasteiger partial charge in [0.05, 0.1) is 6.54 Å². The van der Waals surface area contributed by atoms with Crippen molar-refractivity contribution < 1.29 is 14.7 Å². The Bertz CT molecular complexity index is 789. The lowest BCUT2D eigenvalue weighted by Crippen LogP contribution is -2.53. The molecule has 1 heterocycles. The first-order valence-electron chi connectivity index (χ1n) is 17.7. The quantitative estimate of drug-likeness (QED) is 0.200. The molecule has 0 radical (unpaired) electrons. The number of nitrogens with zero attached hydrogens (tertiary/aromatic N) is 2. The van der Waals surface area contributed by atoms with Crippen molar-refractivity contribution >= 4 is 11.8 Å². The van der Waals surface area contributed by atoms with Crippen molar-refractivity contribution in [2.45, 2.75) is 121 Å². The van der Waals surface area contributed by atoms with Crippen LogP contribution in [-0.4, -0.2) is 93.2 Å². The molecule has 2 rings (SSSR count). The molecule has 1 aliphatic rings. The average Bonchev–Trinajstić information content (AvgIpc) is 3.60. The van der Waals surface area contributed by atoms with Gasteiger partial charge >= 0.3 is 0 Å². The van der Waals surface area contributed by atoms with Crippen LogP contribution >= 0.6 is 0 Å². The number of rotatable bonds is 11. The first-order chi connectivity index (χ1) is 21.9. The van der Waals surface area contributed by atoms with Crippen LogP contribution in [-0.2, 0) is 9.59 Å². The predicted molar refractivity (Wildman–Crippen MR) is 204 cm³/mol. The van der Waals surface area contributed by atoms with Crippen molar-refractivity contribution in [2.24, 2.45) is 5.41 Å². The van der Waals surface area contributed by atoms with Gasteiger partial charge in [-0.1, -0.05) is 133 Å². The Labute approximate surface area is 287 Å². The van der Waals surface area contributed by atoms with Crippen molar-refractivity contribution in [3.05, 3.63) is 48.2 Å². The molecule has 1 aliphatic heterocycles. The number of hydrogen-bond acceptors (Lipinski definition) is 6. The lowest BCUT2D eigenvalue weighted by atomic mass is 9.86. The van der Waals surface area contributed by atoms with Gasteiger partial charge in [-0.05, 0) is 43.8 Å². The standard InChI is InChI=1S/C19H37N5O2.C9H12.C3H8.3C2H6.CH4O/c1-15(13-20-5)22-17(19(2,3)4)18(26)21-9-12-23(6)14-16(25)24-10-7-8-11-24;1-8(2)9-6-4-3-5-7-9;1-3-2;4*1-2/h17,20,22H,1,7-14H2,2-6H3,(H,21,26);3-8H,1-2H3;3H2,1-2H3;3*1-2H3;2H,1H3. The zero-order valence-electron chi connectivity index (χ0n) is 33.3. The highest BCUT2D eigenvalue weighted by Gasteiger charge is 2.31. The van der Waals surface area contributed by atoms with E-state index < -0.39 is 0 Å². The predicted octanol–water partition coefficient (Wildman–Crippen LogP) is 7.31. The Morgan fingerprint density at radius 1 is 0.957 bits per heavy atom. The lowest BCUT2D eigenvalue weighted by molar-refractivity contribution is -0.131. The van der Waals surface area contributed by atoms with Crippen LogP contribution in [0.4, 0.5) is 0 Å².